The number of hydrogen-bond acceptors (Lipinski definition) is 5. The van der Waals surface area contributed by atoms with Crippen molar-refractivity contribution in [1.82, 2.24) is 5.32 Å². The van der Waals surface area contributed by atoms with Crippen molar-refractivity contribution < 1.29 is 14.6 Å². The summed E-state index contributed by atoms with van der Waals surface area (Å²) in [6.07, 6.45) is 2.23. The van der Waals surface area contributed by atoms with Gasteiger partial charge in [-0.2, -0.15) is 4.89 Å². The van der Waals surface area contributed by atoms with Crippen molar-refractivity contribution in [2.45, 2.75) is 45.3 Å². The molecule has 0 saturated carbocycles. The lowest BCUT2D eigenvalue weighted by Crippen LogP contribution is -2.35. The molecule has 5 nitrogen and oxygen atoms in total. The van der Waals surface area contributed by atoms with E-state index in [1.54, 1.807) is 12.1 Å². The van der Waals surface area contributed by atoms with Crippen LogP contribution < -0.4 is 10.6 Å². The highest BCUT2D eigenvalue weighted by atomic mass is 17.2. The monoisotopic (exact) mass is 292 g/mol. The molecule has 0 spiro atoms. The summed E-state index contributed by atoms with van der Waals surface area (Å²) in [6, 6.07) is 7.79. The molecule has 2 N–H and O–H groups in total. The first kappa shape index (κ1) is 15.8. The Kier molecular flexibility index (Phi) is 5.20. The van der Waals surface area contributed by atoms with E-state index in [4.69, 9.17) is 9.78 Å². The molecule has 0 radical (unpaired) electrons. The highest BCUT2D eigenvalue weighted by Gasteiger charge is 2.17. The second-order valence-electron chi connectivity index (χ2n) is 6.31. The number of nitrogens with one attached hydrogen (secondary N) is 2. The molecule has 21 heavy (non-hydrogen) atoms. The predicted octanol–water partition coefficient (Wildman–Crippen LogP) is 2.74. The summed E-state index contributed by atoms with van der Waals surface area (Å²) in [7, 11) is 0. The standard InChI is InChI=1S/C16H24N2O3/c1-16(2,3)21-20-15(19)12-4-6-13(7-5-12)18-14-8-10-17-11-9-14/h4-7,14,17-18H,8-11H2,1-3H3. The third-order valence-electron chi connectivity index (χ3n) is 3.20. The molecule has 1 saturated heterocycles. The first-order valence-electron chi connectivity index (χ1n) is 7.41. The van der Waals surface area contributed by atoms with Crippen LogP contribution in [0.2, 0.25) is 0 Å². The minimum Gasteiger partial charge on any atom is -0.382 e. The average molecular weight is 292 g/mol. The number of rotatable bonds is 4. The summed E-state index contributed by atoms with van der Waals surface area (Å²) in [5, 5.41) is 6.82. The molecule has 0 amide bonds. The van der Waals surface area contributed by atoms with Gasteiger partial charge in [-0.15, -0.1) is 0 Å². The van der Waals surface area contributed by atoms with Crippen LogP contribution in [0.4, 0.5) is 5.69 Å². The fraction of sp³-hybridized carbons (Fsp3) is 0.562. The second kappa shape index (κ2) is 6.91. The number of piperidine rings is 1. The molecule has 0 aliphatic carbocycles. The zero-order valence-corrected chi connectivity index (χ0v) is 12.9. The normalized spacial score (nSPS) is 16.5. The van der Waals surface area contributed by atoms with Crippen molar-refractivity contribution in [2.75, 3.05) is 18.4 Å². The SMILES string of the molecule is CC(C)(C)OOC(=O)c1ccc(NC2CCNCC2)cc1. The molecule has 0 atom stereocenters. The predicted molar refractivity (Wildman–Crippen MR) is 82.2 cm³/mol. The van der Waals surface area contributed by atoms with E-state index in [9.17, 15) is 4.79 Å². The van der Waals surface area contributed by atoms with Crippen LogP contribution in [0.5, 0.6) is 0 Å². The smallest absolute Gasteiger partial charge is 0.373 e. The molecular formula is C16H24N2O3. The molecule has 0 aromatic heterocycles. The number of carbonyl (C=O) groups excluding carboxylic acids is 1. The van der Waals surface area contributed by atoms with Crippen molar-refractivity contribution in [2.24, 2.45) is 0 Å². The van der Waals surface area contributed by atoms with Gasteiger partial charge >= 0.3 is 5.97 Å². The van der Waals surface area contributed by atoms with E-state index in [-0.39, 0.29) is 0 Å². The topological polar surface area (TPSA) is 59.6 Å². The maximum atomic E-state index is 11.8. The summed E-state index contributed by atoms with van der Waals surface area (Å²) in [6.45, 7) is 7.57. The maximum absolute atomic E-state index is 11.8. The van der Waals surface area contributed by atoms with Gasteiger partial charge in [0, 0.05) is 11.7 Å². The van der Waals surface area contributed by atoms with Gasteiger partial charge in [-0.3, -0.25) is 4.89 Å². The van der Waals surface area contributed by atoms with E-state index in [1.807, 2.05) is 32.9 Å². The van der Waals surface area contributed by atoms with E-state index in [1.165, 1.54) is 0 Å². The summed E-state index contributed by atoms with van der Waals surface area (Å²) in [5.41, 5.74) is 0.997. The van der Waals surface area contributed by atoms with Crippen LogP contribution in [-0.4, -0.2) is 30.7 Å². The Morgan fingerprint density at radius 3 is 2.38 bits per heavy atom. The van der Waals surface area contributed by atoms with Crippen molar-refractivity contribution in [3.8, 4) is 0 Å². The Hall–Kier alpha value is -1.59. The first-order valence-corrected chi connectivity index (χ1v) is 7.41. The van der Waals surface area contributed by atoms with Crippen LogP contribution >= 0.6 is 0 Å². The van der Waals surface area contributed by atoms with Gasteiger partial charge in [0.1, 0.15) is 5.60 Å². The van der Waals surface area contributed by atoms with E-state index >= 15 is 0 Å². The third kappa shape index (κ3) is 5.36. The van der Waals surface area contributed by atoms with Gasteiger partial charge in [0.05, 0.1) is 5.56 Å². The number of carbonyl (C=O) groups is 1. The molecule has 1 aromatic rings. The molecule has 1 heterocycles. The molecule has 1 fully saturated rings. The minimum absolute atomic E-state index is 0.474. The van der Waals surface area contributed by atoms with Gasteiger partial charge in [0.2, 0.25) is 0 Å². The molecule has 2 rings (SSSR count). The van der Waals surface area contributed by atoms with Gasteiger partial charge in [-0.05, 0) is 71.0 Å². The highest BCUT2D eigenvalue weighted by molar-refractivity contribution is 5.89. The summed E-state index contributed by atoms with van der Waals surface area (Å²) in [5.74, 6) is -0.474. The van der Waals surface area contributed by atoms with Crippen LogP contribution in [0.1, 0.15) is 44.0 Å². The molecule has 1 aliphatic heterocycles. The zero-order valence-electron chi connectivity index (χ0n) is 12.9. The lowest BCUT2D eigenvalue weighted by Gasteiger charge is -2.24. The van der Waals surface area contributed by atoms with Gasteiger partial charge in [0.25, 0.3) is 0 Å². The Labute approximate surface area is 125 Å². The number of hydrogen-bond donors (Lipinski definition) is 2. The van der Waals surface area contributed by atoms with Crippen molar-refractivity contribution >= 4 is 11.7 Å². The van der Waals surface area contributed by atoms with Crippen LogP contribution in [0.15, 0.2) is 24.3 Å². The Balaban J connectivity index is 1.87. The molecule has 116 valence electrons. The van der Waals surface area contributed by atoms with Crippen LogP contribution in [0.3, 0.4) is 0 Å². The Morgan fingerprint density at radius 1 is 1.19 bits per heavy atom. The fourth-order valence-corrected chi connectivity index (χ4v) is 2.12. The average Bonchev–Trinajstić information content (AvgIpc) is 2.46. The fourth-order valence-electron chi connectivity index (χ4n) is 2.12. The van der Waals surface area contributed by atoms with Crippen LogP contribution in [0.25, 0.3) is 0 Å². The quantitative estimate of drug-likeness (QED) is 0.660. The molecule has 0 bridgehead atoms. The molecule has 5 heteroatoms. The van der Waals surface area contributed by atoms with Crippen LogP contribution in [0, 0.1) is 0 Å². The van der Waals surface area contributed by atoms with Crippen molar-refractivity contribution in [1.29, 1.82) is 0 Å². The summed E-state index contributed by atoms with van der Waals surface area (Å²) < 4.78 is 0. The van der Waals surface area contributed by atoms with E-state index in [0.29, 0.717) is 11.6 Å². The number of benzene rings is 1. The zero-order chi connectivity index (χ0) is 15.3. The molecular weight excluding hydrogens is 268 g/mol. The minimum atomic E-state index is -0.508. The first-order chi connectivity index (χ1) is 9.94. The Morgan fingerprint density at radius 2 is 1.81 bits per heavy atom. The van der Waals surface area contributed by atoms with Gasteiger partial charge in [-0.1, -0.05) is 0 Å². The van der Waals surface area contributed by atoms with Crippen LogP contribution in [-0.2, 0) is 9.78 Å². The van der Waals surface area contributed by atoms with Gasteiger partial charge in [0.15, 0.2) is 0 Å². The third-order valence-corrected chi connectivity index (χ3v) is 3.20. The molecule has 1 aromatic carbocycles. The van der Waals surface area contributed by atoms with E-state index in [0.717, 1.165) is 31.6 Å². The van der Waals surface area contributed by atoms with Crippen molar-refractivity contribution in [3.63, 3.8) is 0 Å². The lowest BCUT2D eigenvalue weighted by molar-refractivity contribution is -0.301. The second-order valence-corrected chi connectivity index (χ2v) is 6.31. The molecule has 0 unspecified atom stereocenters. The number of anilines is 1. The van der Waals surface area contributed by atoms with E-state index in [2.05, 4.69) is 10.6 Å². The summed E-state index contributed by atoms with van der Waals surface area (Å²) in [4.78, 5) is 21.7. The Bertz CT molecular complexity index is 459. The van der Waals surface area contributed by atoms with Crippen molar-refractivity contribution in [3.05, 3.63) is 29.8 Å². The van der Waals surface area contributed by atoms with Gasteiger partial charge in [-0.25, -0.2) is 4.79 Å². The largest absolute Gasteiger partial charge is 0.382 e. The van der Waals surface area contributed by atoms with E-state index < -0.39 is 11.6 Å². The highest BCUT2D eigenvalue weighted by Crippen LogP contribution is 2.16. The maximum Gasteiger partial charge on any atom is 0.373 e. The molecule has 1 aliphatic rings. The van der Waals surface area contributed by atoms with Gasteiger partial charge < -0.3 is 10.6 Å². The summed E-state index contributed by atoms with van der Waals surface area (Å²) >= 11 is 0. The lowest BCUT2D eigenvalue weighted by atomic mass is 10.1.